The minimum atomic E-state index is -0.256. The number of hydrazone groups is 1. The molecule has 0 aliphatic rings. The second-order valence-electron chi connectivity index (χ2n) is 6.21. The van der Waals surface area contributed by atoms with Crippen LogP contribution >= 0.6 is 11.3 Å². The Morgan fingerprint density at radius 3 is 2.57 bits per heavy atom. The van der Waals surface area contributed by atoms with Gasteiger partial charge in [-0.15, -0.1) is 11.3 Å². The standard InChI is InChI=1S/C22H17N3O2S/c1-15-17(14-23-24-22(27)19-11-7-13-28-19)18-10-5-6-12-25(18)20(15)21(26)16-8-3-2-4-9-16/h2-14H,1H3,(H,24,27)/b23-14-. The fourth-order valence-corrected chi connectivity index (χ4v) is 3.76. The average molecular weight is 387 g/mol. The van der Waals surface area contributed by atoms with Crippen molar-refractivity contribution in [3.05, 3.63) is 99.5 Å². The van der Waals surface area contributed by atoms with Gasteiger partial charge in [-0.3, -0.25) is 9.59 Å². The zero-order valence-corrected chi connectivity index (χ0v) is 15.9. The smallest absolute Gasteiger partial charge is 0.281 e. The van der Waals surface area contributed by atoms with Gasteiger partial charge in [-0.2, -0.15) is 5.10 Å². The van der Waals surface area contributed by atoms with E-state index < -0.39 is 0 Å². The number of nitrogens with one attached hydrogen (secondary N) is 1. The summed E-state index contributed by atoms with van der Waals surface area (Å²) in [7, 11) is 0. The van der Waals surface area contributed by atoms with Crippen LogP contribution in [0.15, 0.2) is 77.3 Å². The molecule has 0 spiro atoms. The minimum absolute atomic E-state index is 0.0541. The fourth-order valence-electron chi connectivity index (χ4n) is 3.15. The third-order valence-corrected chi connectivity index (χ3v) is 5.36. The van der Waals surface area contributed by atoms with E-state index in [9.17, 15) is 9.59 Å². The molecule has 1 amide bonds. The van der Waals surface area contributed by atoms with Crippen molar-refractivity contribution in [2.75, 3.05) is 0 Å². The summed E-state index contributed by atoms with van der Waals surface area (Å²) in [5.41, 5.74) is 6.23. The SMILES string of the molecule is Cc1c(/C=N\NC(=O)c2cccs2)c2ccccn2c1C(=O)c1ccccc1. The van der Waals surface area contributed by atoms with E-state index in [1.807, 2.05) is 65.4 Å². The number of aromatic nitrogens is 1. The molecule has 1 N–H and O–H groups in total. The summed E-state index contributed by atoms with van der Waals surface area (Å²) in [6, 6.07) is 18.5. The molecule has 4 rings (SSSR count). The minimum Gasteiger partial charge on any atom is -0.313 e. The molecule has 28 heavy (non-hydrogen) atoms. The Hall–Kier alpha value is -3.51. The molecule has 6 heteroatoms. The van der Waals surface area contributed by atoms with Crippen molar-refractivity contribution in [2.24, 2.45) is 5.10 Å². The zero-order chi connectivity index (χ0) is 19.5. The highest BCUT2D eigenvalue weighted by atomic mass is 32.1. The molecule has 1 aromatic carbocycles. The van der Waals surface area contributed by atoms with E-state index in [0.29, 0.717) is 16.1 Å². The van der Waals surface area contributed by atoms with Crippen molar-refractivity contribution in [1.82, 2.24) is 9.83 Å². The van der Waals surface area contributed by atoms with E-state index in [-0.39, 0.29) is 11.7 Å². The van der Waals surface area contributed by atoms with Crippen molar-refractivity contribution < 1.29 is 9.59 Å². The van der Waals surface area contributed by atoms with Crippen molar-refractivity contribution in [1.29, 1.82) is 0 Å². The number of fused-ring (bicyclic) bond motifs is 1. The van der Waals surface area contributed by atoms with Crippen LogP contribution < -0.4 is 5.43 Å². The molecular formula is C22H17N3O2S. The number of thiophene rings is 1. The first kappa shape index (κ1) is 17.9. The van der Waals surface area contributed by atoms with Crippen molar-refractivity contribution in [3.8, 4) is 0 Å². The predicted molar refractivity (Wildman–Crippen MR) is 111 cm³/mol. The van der Waals surface area contributed by atoms with Crippen LogP contribution in [0.1, 0.15) is 36.9 Å². The van der Waals surface area contributed by atoms with Gasteiger partial charge in [0.15, 0.2) is 0 Å². The number of carbonyl (C=O) groups excluding carboxylic acids is 2. The van der Waals surface area contributed by atoms with Gasteiger partial charge in [-0.1, -0.05) is 42.5 Å². The van der Waals surface area contributed by atoms with Gasteiger partial charge in [0.2, 0.25) is 5.78 Å². The Morgan fingerprint density at radius 1 is 1.04 bits per heavy atom. The van der Waals surface area contributed by atoms with E-state index in [0.717, 1.165) is 16.6 Å². The van der Waals surface area contributed by atoms with Crippen LogP contribution in [0.2, 0.25) is 0 Å². The van der Waals surface area contributed by atoms with Crippen molar-refractivity contribution >= 4 is 34.8 Å². The lowest BCUT2D eigenvalue weighted by atomic mass is 10.0. The molecule has 0 saturated carbocycles. The monoisotopic (exact) mass is 387 g/mol. The lowest BCUT2D eigenvalue weighted by Gasteiger charge is -2.03. The Kier molecular flexibility index (Phi) is 4.87. The van der Waals surface area contributed by atoms with E-state index >= 15 is 0 Å². The Labute approximate surface area is 166 Å². The van der Waals surface area contributed by atoms with Crippen LogP contribution in [0.4, 0.5) is 0 Å². The van der Waals surface area contributed by atoms with Gasteiger partial charge in [-0.25, -0.2) is 5.43 Å². The van der Waals surface area contributed by atoms with Crippen LogP contribution in [0.5, 0.6) is 0 Å². The highest BCUT2D eigenvalue weighted by molar-refractivity contribution is 7.12. The number of rotatable bonds is 5. The molecule has 3 aromatic heterocycles. The van der Waals surface area contributed by atoms with E-state index in [1.165, 1.54) is 11.3 Å². The first-order valence-corrected chi connectivity index (χ1v) is 9.61. The highest BCUT2D eigenvalue weighted by Crippen LogP contribution is 2.24. The molecule has 0 fully saturated rings. The molecule has 0 aliphatic heterocycles. The maximum Gasteiger partial charge on any atom is 0.281 e. The van der Waals surface area contributed by atoms with Gasteiger partial charge in [0.05, 0.1) is 22.3 Å². The maximum atomic E-state index is 13.1. The van der Waals surface area contributed by atoms with Gasteiger partial charge >= 0.3 is 0 Å². The Bertz CT molecular complexity index is 1180. The lowest BCUT2D eigenvalue weighted by Crippen LogP contribution is -2.16. The quantitative estimate of drug-likeness (QED) is 0.315. The number of pyridine rings is 1. The first-order valence-electron chi connectivity index (χ1n) is 8.73. The molecule has 5 nitrogen and oxygen atoms in total. The molecule has 138 valence electrons. The molecule has 0 radical (unpaired) electrons. The Balaban J connectivity index is 1.71. The van der Waals surface area contributed by atoms with Crippen LogP contribution in [-0.2, 0) is 0 Å². The number of carbonyl (C=O) groups is 2. The topological polar surface area (TPSA) is 62.9 Å². The second kappa shape index (κ2) is 7.62. The molecule has 0 atom stereocenters. The second-order valence-corrected chi connectivity index (χ2v) is 7.16. The molecule has 0 bridgehead atoms. The van der Waals surface area contributed by atoms with Crippen LogP contribution in [0.3, 0.4) is 0 Å². The van der Waals surface area contributed by atoms with Gasteiger partial charge in [0, 0.05) is 17.3 Å². The molecule has 3 heterocycles. The largest absolute Gasteiger partial charge is 0.313 e. The summed E-state index contributed by atoms with van der Waals surface area (Å²) in [5, 5.41) is 5.95. The number of hydrogen-bond donors (Lipinski definition) is 1. The average Bonchev–Trinajstić information content (AvgIpc) is 3.35. The third-order valence-electron chi connectivity index (χ3n) is 4.49. The van der Waals surface area contributed by atoms with Gasteiger partial charge in [0.1, 0.15) is 0 Å². The normalized spacial score (nSPS) is 11.2. The molecule has 0 unspecified atom stereocenters. The number of nitrogens with zero attached hydrogens (tertiary/aromatic N) is 2. The van der Waals surface area contributed by atoms with Crippen LogP contribution in [-0.4, -0.2) is 22.3 Å². The summed E-state index contributed by atoms with van der Waals surface area (Å²) in [6.07, 6.45) is 3.46. The van der Waals surface area contributed by atoms with Crippen LogP contribution in [0, 0.1) is 6.92 Å². The third kappa shape index (κ3) is 3.25. The number of ketones is 1. The van der Waals surface area contributed by atoms with Gasteiger partial charge in [0.25, 0.3) is 5.91 Å². The molecule has 0 saturated heterocycles. The first-order chi connectivity index (χ1) is 13.7. The van der Waals surface area contributed by atoms with E-state index in [4.69, 9.17) is 0 Å². The van der Waals surface area contributed by atoms with E-state index in [1.54, 1.807) is 24.4 Å². The summed E-state index contributed by atoms with van der Waals surface area (Å²) >= 11 is 1.35. The van der Waals surface area contributed by atoms with Gasteiger partial charge < -0.3 is 4.40 Å². The van der Waals surface area contributed by atoms with Crippen LogP contribution in [0.25, 0.3) is 5.52 Å². The molecule has 4 aromatic rings. The number of amides is 1. The Morgan fingerprint density at radius 2 is 1.82 bits per heavy atom. The molecule has 0 aliphatic carbocycles. The highest BCUT2D eigenvalue weighted by Gasteiger charge is 2.20. The maximum absolute atomic E-state index is 13.1. The van der Waals surface area contributed by atoms with Gasteiger partial charge in [-0.05, 0) is 36.1 Å². The predicted octanol–water partition coefficient (Wildman–Crippen LogP) is 4.30. The summed E-state index contributed by atoms with van der Waals surface area (Å²) in [6.45, 7) is 1.89. The summed E-state index contributed by atoms with van der Waals surface area (Å²) < 4.78 is 1.87. The lowest BCUT2D eigenvalue weighted by molar-refractivity contribution is 0.0958. The summed E-state index contributed by atoms with van der Waals surface area (Å²) in [5.74, 6) is -0.311. The van der Waals surface area contributed by atoms with Crippen molar-refractivity contribution in [3.63, 3.8) is 0 Å². The van der Waals surface area contributed by atoms with Crippen molar-refractivity contribution in [2.45, 2.75) is 6.92 Å². The molecular weight excluding hydrogens is 370 g/mol. The number of benzene rings is 1. The summed E-state index contributed by atoms with van der Waals surface area (Å²) in [4.78, 5) is 25.8. The number of hydrogen-bond acceptors (Lipinski definition) is 4. The zero-order valence-electron chi connectivity index (χ0n) is 15.1. The fraction of sp³-hybridized carbons (Fsp3) is 0.0455. The van der Waals surface area contributed by atoms with E-state index in [2.05, 4.69) is 10.5 Å².